The first-order chi connectivity index (χ1) is 12.4. The van der Waals surface area contributed by atoms with E-state index >= 15 is 0 Å². The molecule has 7 nitrogen and oxygen atoms in total. The van der Waals surface area contributed by atoms with Crippen LogP contribution in [0.15, 0.2) is 30.4 Å². The largest absolute Gasteiger partial charge is 0.325 e. The van der Waals surface area contributed by atoms with Gasteiger partial charge in [0.15, 0.2) is 0 Å². The Morgan fingerprint density at radius 2 is 1.69 bits per heavy atom. The van der Waals surface area contributed by atoms with Crippen molar-refractivity contribution in [3.05, 3.63) is 41.5 Å². The molecule has 26 heavy (non-hydrogen) atoms. The number of carbonyl (C=O) groups excluding carboxylic acids is 4. The molecule has 0 unspecified atom stereocenters. The van der Waals surface area contributed by atoms with E-state index < -0.39 is 18.5 Å². The van der Waals surface area contributed by atoms with Crippen LogP contribution < -0.4 is 10.6 Å². The summed E-state index contributed by atoms with van der Waals surface area (Å²) in [6.45, 7) is 3.35. The highest BCUT2D eigenvalue weighted by atomic mass is 16.2. The number of rotatable bonds is 3. The van der Waals surface area contributed by atoms with Crippen molar-refractivity contribution in [2.45, 2.75) is 26.7 Å². The van der Waals surface area contributed by atoms with Gasteiger partial charge in [-0.1, -0.05) is 29.8 Å². The van der Waals surface area contributed by atoms with E-state index in [0.29, 0.717) is 18.5 Å². The number of hydrogen-bond donors (Lipinski definition) is 2. The maximum absolute atomic E-state index is 12.3. The molecule has 1 heterocycles. The molecule has 0 saturated carbocycles. The molecule has 0 spiro atoms. The van der Waals surface area contributed by atoms with E-state index in [0.717, 1.165) is 16.0 Å². The lowest BCUT2D eigenvalue weighted by atomic mass is 9.85. The summed E-state index contributed by atoms with van der Waals surface area (Å²) in [5.74, 6) is -2.14. The number of allylic oxidation sites excluding steroid dienone is 2. The molecule has 2 N–H and O–H groups in total. The van der Waals surface area contributed by atoms with Gasteiger partial charge in [-0.25, -0.2) is 4.79 Å². The second-order valence-corrected chi connectivity index (χ2v) is 6.74. The number of benzene rings is 1. The van der Waals surface area contributed by atoms with Gasteiger partial charge in [0.25, 0.3) is 0 Å². The number of anilines is 1. The third-order valence-corrected chi connectivity index (χ3v) is 4.78. The topological polar surface area (TPSA) is 95.6 Å². The van der Waals surface area contributed by atoms with E-state index in [9.17, 15) is 19.2 Å². The third-order valence-electron chi connectivity index (χ3n) is 4.78. The second-order valence-electron chi connectivity index (χ2n) is 6.74. The lowest BCUT2D eigenvalue weighted by Crippen LogP contribution is -2.44. The summed E-state index contributed by atoms with van der Waals surface area (Å²) in [6, 6.07) is 4.82. The molecule has 1 fully saturated rings. The average Bonchev–Trinajstić information content (AvgIpc) is 2.83. The summed E-state index contributed by atoms with van der Waals surface area (Å²) in [4.78, 5) is 49.7. The Balaban J connectivity index is 1.58. The van der Waals surface area contributed by atoms with Crippen molar-refractivity contribution in [3.8, 4) is 0 Å². The van der Waals surface area contributed by atoms with E-state index in [1.807, 2.05) is 38.1 Å². The average molecular weight is 355 g/mol. The predicted molar refractivity (Wildman–Crippen MR) is 95.2 cm³/mol. The first-order valence-electron chi connectivity index (χ1n) is 8.55. The van der Waals surface area contributed by atoms with Gasteiger partial charge in [0.05, 0.1) is 11.8 Å². The zero-order valence-electron chi connectivity index (χ0n) is 14.7. The van der Waals surface area contributed by atoms with Gasteiger partial charge in [0, 0.05) is 5.69 Å². The minimum atomic E-state index is -0.694. The van der Waals surface area contributed by atoms with Crippen molar-refractivity contribution < 1.29 is 19.2 Å². The van der Waals surface area contributed by atoms with Gasteiger partial charge in [-0.3, -0.25) is 24.6 Å². The first-order valence-corrected chi connectivity index (χ1v) is 8.55. The van der Waals surface area contributed by atoms with Crippen LogP contribution in [0, 0.1) is 25.7 Å². The summed E-state index contributed by atoms with van der Waals surface area (Å²) in [5, 5.41) is 4.77. The summed E-state index contributed by atoms with van der Waals surface area (Å²) in [5.41, 5.74) is 2.52. The Bertz CT molecular complexity index is 789. The smallest absolute Gasteiger partial charge is 0.307 e. The highest BCUT2D eigenvalue weighted by Crippen LogP contribution is 2.34. The molecular weight excluding hydrogens is 334 g/mol. The Morgan fingerprint density at radius 1 is 1.08 bits per heavy atom. The molecule has 1 aliphatic heterocycles. The number of carbonyl (C=O) groups is 4. The van der Waals surface area contributed by atoms with Gasteiger partial charge >= 0.3 is 6.03 Å². The second kappa shape index (κ2) is 7.11. The van der Waals surface area contributed by atoms with Crippen LogP contribution in [0.5, 0.6) is 0 Å². The minimum Gasteiger partial charge on any atom is -0.307 e. The summed E-state index contributed by atoms with van der Waals surface area (Å²) >= 11 is 0. The Hall–Kier alpha value is -2.96. The van der Waals surface area contributed by atoms with Crippen LogP contribution in [0.1, 0.15) is 24.0 Å². The van der Waals surface area contributed by atoms with Crippen molar-refractivity contribution in [1.82, 2.24) is 10.2 Å². The van der Waals surface area contributed by atoms with E-state index in [4.69, 9.17) is 0 Å². The number of nitrogens with one attached hydrogen (secondary N) is 2. The molecule has 3 rings (SSSR count). The van der Waals surface area contributed by atoms with E-state index in [1.165, 1.54) is 0 Å². The van der Waals surface area contributed by atoms with Crippen LogP contribution in [0.25, 0.3) is 0 Å². The van der Waals surface area contributed by atoms with Gasteiger partial charge < -0.3 is 5.32 Å². The van der Waals surface area contributed by atoms with Crippen LogP contribution >= 0.6 is 0 Å². The van der Waals surface area contributed by atoms with E-state index in [2.05, 4.69) is 10.6 Å². The van der Waals surface area contributed by atoms with Gasteiger partial charge in [0.2, 0.25) is 17.7 Å². The number of urea groups is 1. The fraction of sp³-hybridized carbons (Fsp3) is 0.368. The first kappa shape index (κ1) is 17.8. The molecule has 2 atom stereocenters. The highest BCUT2D eigenvalue weighted by Gasteiger charge is 2.47. The number of fused-ring (bicyclic) bond motifs is 1. The molecular formula is C19H21N3O4. The van der Waals surface area contributed by atoms with Crippen LogP contribution in [-0.2, 0) is 14.4 Å². The maximum atomic E-state index is 12.3. The van der Waals surface area contributed by atoms with E-state index in [1.54, 1.807) is 6.07 Å². The van der Waals surface area contributed by atoms with Crippen LogP contribution in [0.2, 0.25) is 0 Å². The van der Waals surface area contributed by atoms with Crippen LogP contribution in [0.4, 0.5) is 10.5 Å². The van der Waals surface area contributed by atoms with Gasteiger partial charge in [0.1, 0.15) is 6.54 Å². The molecule has 7 heteroatoms. The van der Waals surface area contributed by atoms with Crippen molar-refractivity contribution in [2.75, 3.05) is 11.9 Å². The summed E-state index contributed by atoms with van der Waals surface area (Å²) in [7, 11) is 0. The zero-order chi connectivity index (χ0) is 18.8. The highest BCUT2D eigenvalue weighted by molar-refractivity contribution is 6.09. The number of hydrogen-bond acceptors (Lipinski definition) is 4. The van der Waals surface area contributed by atoms with Gasteiger partial charge in [-0.2, -0.15) is 0 Å². The lowest BCUT2D eigenvalue weighted by Gasteiger charge is -2.14. The Labute approximate surface area is 151 Å². The maximum Gasteiger partial charge on any atom is 0.325 e. The third kappa shape index (κ3) is 3.51. The monoisotopic (exact) mass is 355 g/mol. The number of imide groups is 2. The molecule has 0 aromatic heterocycles. The van der Waals surface area contributed by atoms with Crippen molar-refractivity contribution >= 4 is 29.4 Å². The fourth-order valence-corrected chi connectivity index (χ4v) is 3.44. The van der Waals surface area contributed by atoms with Crippen LogP contribution in [0.3, 0.4) is 0 Å². The number of nitrogens with zero attached hydrogens (tertiary/aromatic N) is 1. The Kier molecular flexibility index (Phi) is 4.88. The quantitative estimate of drug-likeness (QED) is 0.639. The molecule has 1 saturated heterocycles. The van der Waals surface area contributed by atoms with Crippen LogP contribution in [-0.4, -0.2) is 35.2 Å². The number of amides is 5. The molecule has 1 aliphatic carbocycles. The zero-order valence-corrected chi connectivity index (χ0v) is 14.7. The van der Waals surface area contributed by atoms with Gasteiger partial charge in [-0.15, -0.1) is 0 Å². The lowest BCUT2D eigenvalue weighted by molar-refractivity contribution is -0.143. The fourth-order valence-electron chi connectivity index (χ4n) is 3.44. The standard InChI is InChI=1S/C19H21N3O4/c1-11-7-8-15(12(2)9-11)20-19(26)21-16(23)10-22-17(24)13-5-3-4-6-14(13)18(22)25/h3-4,7-9,13-14H,5-6,10H2,1-2H3,(H2,20,21,23,26)/t13-,14-/m0/s1. The normalized spacial score (nSPS) is 21.5. The molecule has 0 bridgehead atoms. The number of aryl methyl sites for hydroxylation is 2. The van der Waals surface area contributed by atoms with Gasteiger partial charge in [-0.05, 0) is 38.3 Å². The molecule has 1 aromatic carbocycles. The summed E-state index contributed by atoms with van der Waals surface area (Å²) < 4.78 is 0. The molecule has 5 amide bonds. The number of likely N-dealkylation sites (tertiary alicyclic amines) is 1. The molecule has 136 valence electrons. The SMILES string of the molecule is Cc1ccc(NC(=O)NC(=O)CN2C(=O)[C@H]3CC=CC[C@@H]3C2=O)c(C)c1. The molecule has 2 aliphatic rings. The van der Waals surface area contributed by atoms with E-state index in [-0.39, 0.29) is 23.7 Å². The van der Waals surface area contributed by atoms with Crippen molar-refractivity contribution in [3.63, 3.8) is 0 Å². The Morgan fingerprint density at radius 3 is 2.27 bits per heavy atom. The minimum absolute atomic E-state index is 0.339. The van der Waals surface area contributed by atoms with Crippen molar-refractivity contribution in [1.29, 1.82) is 0 Å². The predicted octanol–water partition coefficient (Wildman–Crippen LogP) is 1.90. The summed E-state index contributed by atoms with van der Waals surface area (Å²) in [6.07, 6.45) is 4.79. The molecule has 1 aromatic rings. The molecule has 0 radical (unpaired) electrons. The van der Waals surface area contributed by atoms with Crippen molar-refractivity contribution in [2.24, 2.45) is 11.8 Å².